The van der Waals surface area contributed by atoms with E-state index in [4.69, 9.17) is 27.6 Å². The van der Waals surface area contributed by atoms with Crippen LogP contribution in [-0.4, -0.2) is 49.1 Å². The second-order valence-electron chi connectivity index (χ2n) is 6.20. The van der Waals surface area contributed by atoms with E-state index in [1.807, 2.05) is 23.1 Å². The molecule has 0 N–H and O–H groups in total. The van der Waals surface area contributed by atoms with Gasteiger partial charge < -0.3 is 9.32 Å². The number of aromatic nitrogens is 2. The van der Waals surface area contributed by atoms with Crippen LogP contribution in [0, 0.1) is 0 Å². The number of hydrogen-bond acceptors (Lipinski definition) is 6. The van der Waals surface area contributed by atoms with Crippen molar-refractivity contribution in [3.8, 4) is 11.5 Å². The average Bonchev–Trinajstić information content (AvgIpc) is 3.25. The minimum atomic E-state index is -3.72. The van der Waals surface area contributed by atoms with E-state index in [0.717, 1.165) is 0 Å². The van der Waals surface area contributed by atoms with Crippen molar-refractivity contribution in [2.75, 3.05) is 31.1 Å². The molecule has 1 aromatic carbocycles. The summed E-state index contributed by atoms with van der Waals surface area (Å²) in [5.41, 5.74) is 0.644. The average molecular weight is 439 g/mol. The molecule has 0 bridgehead atoms. The van der Waals surface area contributed by atoms with Crippen LogP contribution < -0.4 is 4.90 Å². The van der Waals surface area contributed by atoms with E-state index in [1.54, 1.807) is 24.5 Å². The van der Waals surface area contributed by atoms with Gasteiger partial charge in [0.2, 0.25) is 10.0 Å². The summed E-state index contributed by atoms with van der Waals surface area (Å²) in [4.78, 5) is 2.02. The van der Waals surface area contributed by atoms with Crippen LogP contribution in [0.3, 0.4) is 0 Å². The highest BCUT2D eigenvalue weighted by molar-refractivity contribution is 7.89. The van der Waals surface area contributed by atoms with Crippen LogP contribution in [0.25, 0.3) is 11.5 Å². The van der Waals surface area contributed by atoms with Gasteiger partial charge in [-0.15, -0.1) is 10.2 Å². The number of piperazine rings is 1. The Bertz CT molecular complexity index is 1060. The molecule has 0 aliphatic carbocycles. The number of benzene rings is 1. The summed E-state index contributed by atoms with van der Waals surface area (Å²) < 4.78 is 32.5. The monoisotopic (exact) mass is 438 g/mol. The third-order valence-electron chi connectivity index (χ3n) is 4.52. The Morgan fingerprint density at radius 3 is 2.36 bits per heavy atom. The van der Waals surface area contributed by atoms with Gasteiger partial charge in [-0.05, 0) is 36.4 Å². The van der Waals surface area contributed by atoms with E-state index in [2.05, 4.69) is 10.2 Å². The van der Waals surface area contributed by atoms with E-state index in [0.29, 0.717) is 43.5 Å². The van der Waals surface area contributed by atoms with Crippen molar-refractivity contribution in [2.24, 2.45) is 0 Å². The molecular weight excluding hydrogens is 423 g/mol. The highest BCUT2D eigenvalue weighted by Gasteiger charge is 2.31. The lowest BCUT2D eigenvalue weighted by Crippen LogP contribution is -2.49. The van der Waals surface area contributed by atoms with E-state index >= 15 is 0 Å². The maximum Gasteiger partial charge on any atom is 0.244 e. The SMILES string of the molecule is O=S(=O)(c1cccc(Cl)c1Cl)N1CCN(c2ccc(-c3ccco3)nn2)CC1. The summed E-state index contributed by atoms with van der Waals surface area (Å²) >= 11 is 12.1. The molecular formula is C18H16Cl2N4O3S. The van der Waals surface area contributed by atoms with Gasteiger partial charge in [-0.3, -0.25) is 0 Å². The second-order valence-corrected chi connectivity index (χ2v) is 8.89. The number of anilines is 1. The first-order valence-corrected chi connectivity index (χ1v) is 10.7. The van der Waals surface area contributed by atoms with Crippen LogP contribution in [0.2, 0.25) is 10.0 Å². The smallest absolute Gasteiger partial charge is 0.244 e. The van der Waals surface area contributed by atoms with Crippen LogP contribution in [-0.2, 0) is 10.0 Å². The van der Waals surface area contributed by atoms with Gasteiger partial charge in [0, 0.05) is 26.2 Å². The van der Waals surface area contributed by atoms with Crippen molar-refractivity contribution in [3.05, 3.63) is 58.8 Å². The lowest BCUT2D eigenvalue weighted by atomic mass is 10.3. The topological polar surface area (TPSA) is 79.5 Å². The molecule has 1 saturated heterocycles. The Hall–Kier alpha value is -2.13. The van der Waals surface area contributed by atoms with Crippen molar-refractivity contribution < 1.29 is 12.8 Å². The third-order valence-corrected chi connectivity index (χ3v) is 7.39. The molecule has 0 unspecified atom stereocenters. The van der Waals surface area contributed by atoms with Crippen molar-refractivity contribution in [1.29, 1.82) is 0 Å². The molecule has 4 rings (SSSR count). The molecule has 0 spiro atoms. The Balaban J connectivity index is 1.46. The van der Waals surface area contributed by atoms with E-state index in [1.165, 1.54) is 10.4 Å². The molecule has 0 saturated carbocycles. The first-order chi connectivity index (χ1) is 13.5. The first-order valence-electron chi connectivity index (χ1n) is 8.53. The van der Waals surface area contributed by atoms with Gasteiger partial charge in [0.25, 0.3) is 0 Å². The molecule has 0 amide bonds. The van der Waals surface area contributed by atoms with E-state index in [-0.39, 0.29) is 14.9 Å². The molecule has 2 aromatic heterocycles. The van der Waals surface area contributed by atoms with Crippen LogP contribution in [0.15, 0.2) is 58.0 Å². The zero-order valence-electron chi connectivity index (χ0n) is 14.6. The Labute approximate surface area is 172 Å². The van der Waals surface area contributed by atoms with Gasteiger partial charge in [0.05, 0.1) is 16.3 Å². The predicted molar refractivity (Wildman–Crippen MR) is 107 cm³/mol. The number of nitrogens with zero attached hydrogens (tertiary/aromatic N) is 4. The number of sulfonamides is 1. The maximum atomic E-state index is 12.9. The highest BCUT2D eigenvalue weighted by Crippen LogP contribution is 2.31. The normalized spacial score (nSPS) is 15.7. The lowest BCUT2D eigenvalue weighted by molar-refractivity contribution is 0.383. The predicted octanol–water partition coefficient (Wildman–Crippen LogP) is 3.55. The van der Waals surface area contributed by atoms with Crippen molar-refractivity contribution >= 4 is 39.0 Å². The fourth-order valence-corrected chi connectivity index (χ4v) is 5.19. The van der Waals surface area contributed by atoms with Crippen molar-refractivity contribution in [2.45, 2.75) is 4.90 Å². The fraction of sp³-hybridized carbons (Fsp3) is 0.222. The molecule has 0 atom stereocenters. The summed E-state index contributed by atoms with van der Waals surface area (Å²) in [6.07, 6.45) is 1.58. The molecule has 1 fully saturated rings. The summed E-state index contributed by atoms with van der Waals surface area (Å²) in [7, 11) is -3.72. The summed E-state index contributed by atoms with van der Waals surface area (Å²) in [5, 5.41) is 8.69. The molecule has 1 aliphatic rings. The van der Waals surface area contributed by atoms with Gasteiger partial charge in [-0.1, -0.05) is 29.3 Å². The van der Waals surface area contributed by atoms with Crippen molar-refractivity contribution in [1.82, 2.24) is 14.5 Å². The zero-order valence-corrected chi connectivity index (χ0v) is 17.0. The Morgan fingerprint density at radius 2 is 1.71 bits per heavy atom. The molecule has 3 heterocycles. The molecule has 146 valence electrons. The molecule has 1 aliphatic heterocycles. The summed E-state index contributed by atoms with van der Waals surface area (Å²) in [5.74, 6) is 1.33. The molecule has 7 nitrogen and oxygen atoms in total. The van der Waals surface area contributed by atoms with E-state index < -0.39 is 10.0 Å². The quantitative estimate of drug-likeness (QED) is 0.619. The van der Waals surface area contributed by atoms with Gasteiger partial charge in [0.15, 0.2) is 11.6 Å². The first kappa shape index (κ1) is 19.2. The Kier molecular flexibility index (Phi) is 5.29. The molecule has 10 heteroatoms. The van der Waals surface area contributed by atoms with Crippen LogP contribution in [0.5, 0.6) is 0 Å². The minimum Gasteiger partial charge on any atom is -0.463 e. The number of halogens is 2. The molecule has 3 aromatic rings. The summed E-state index contributed by atoms with van der Waals surface area (Å²) in [6, 6.07) is 11.9. The minimum absolute atomic E-state index is 0.0257. The standard InChI is InChI=1S/C18H16Cl2N4O3S/c19-13-3-1-5-16(18(13)20)28(25,26)24-10-8-23(9-11-24)17-7-6-14(21-22-17)15-4-2-12-27-15/h1-7,12H,8-11H2. The van der Waals surface area contributed by atoms with Gasteiger partial charge in [-0.2, -0.15) is 4.31 Å². The third kappa shape index (κ3) is 3.60. The second kappa shape index (κ2) is 7.71. The maximum absolute atomic E-state index is 12.9. The number of furan rings is 1. The summed E-state index contributed by atoms with van der Waals surface area (Å²) in [6.45, 7) is 1.61. The van der Waals surface area contributed by atoms with Crippen LogP contribution >= 0.6 is 23.2 Å². The molecule has 28 heavy (non-hydrogen) atoms. The van der Waals surface area contributed by atoms with Crippen LogP contribution in [0.4, 0.5) is 5.82 Å². The van der Waals surface area contributed by atoms with E-state index in [9.17, 15) is 8.42 Å². The van der Waals surface area contributed by atoms with Gasteiger partial charge in [0.1, 0.15) is 10.6 Å². The van der Waals surface area contributed by atoms with Gasteiger partial charge >= 0.3 is 0 Å². The fourth-order valence-electron chi connectivity index (χ4n) is 3.03. The number of hydrogen-bond donors (Lipinski definition) is 0. The largest absolute Gasteiger partial charge is 0.463 e. The van der Waals surface area contributed by atoms with Gasteiger partial charge in [-0.25, -0.2) is 8.42 Å². The van der Waals surface area contributed by atoms with Crippen LogP contribution in [0.1, 0.15) is 0 Å². The Morgan fingerprint density at radius 1 is 0.929 bits per heavy atom. The number of rotatable bonds is 4. The van der Waals surface area contributed by atoms with Crippen molar-refractivity contribution in [3.63, 3.8) is 0 Å². The lowest BCUT2D eigenvalue weighted by Gasteiger charge is -2.34. The molecule has 0 radical (unpaired) electrons. The highest BCUT2D eigenvalue weighted by atomic mass is 35.5. The zero-order chi connectivity index (χ0) is 19.7.